The van der Waals surface area contributed by atoms with E-state index in [-0.39, 0.29) is 31.1 Å². The van der Waals surface area contributed by atoms with Crippen LogP contribution in [0.4, 0.5) is 0 Å². The zero-order valence-corrected chi connectivity index (χ0v) is 19.3. The van der Waals surface area contributed by atoms with Crippen LogP contribution >= 0.6 is 12.4 Å². The number of hydrogen-bond acceptors (Lipinski definition) is 7. The molecule has 33 heavy (non-hydrogen) atoms. The number of nitrogens with one attached hydrogen (secondary N) is 3. The van der Waals surface area contributed by atoms with Crippen LogP contribution in [0.25, 0.3) is 22.3 Å². The predicted octanol–water partition coefficient (Wildman–Crippen LogP) is 4.03. The molecular weight excluding hydrogens is 446 g/mol. The first-order valence-corrected chi connectivity index (χ1v) is 10.8. The lowest BCUT2D eigenvalue weighted by Gasteiger charge is -2.14. The van der Waals surface area contributed by atoms with E-state index in [2.05, 4.69) is 20.3 Å². The van der Waals surface area contributed by atoms with Gasteiger partial charge in [0.05, 0.1) is 23.3 Å². The Labute approximate surface area is 197 Å². The van der Waals surface area contributed by atoms with E-state index in [0.29, 0.717) is 69.7 Å². The van der Waals surface area contributed by atoms with Gasteiger partial charge in [0.2, 0.25) is 6.79 Å². The fraction of sp³-hybridized carbons (Fsp3) is 0.391. The van der Waals surface area contributed by atoms with E-state index in [1.54, 1.807) is 0 Å². The number of hydrogen-bond donors (Lipinski definition) is 3. The van der Waals surface area contributed by atoms with Crippen LogP contribution in [0.5, 0.6) is 17.2 Å². The number of aromatic nitrogens is 3. The minimum Gasteiger partial charge on any atom is -0.492 e. The summed E-state index contributed by atoms with van der Waals surface area (Å²) in [5.74, 6) is 2.22. The number of H-pyrrole nitrogens is 1. The van der Waals surface area contributed by atoms with Crippen molar-refractivity contribution in [1.29, 1.82) is 5.41 Å². The van der Waals surface area contributed by atoms with Gasteiger partial charge in [-0.25, -0.2) is 9.97 Å². The Morgan fingerprint density at radius 3 is 2.94 bits per heavy atom. The van der Waals surface area contributed by atoms with E-state index < -0.39 is 0 Å². The van der Waals surface area contributed by atoms with Gasteiger partial charge in [0.1, 0.15) is 23.3 Å². The molecule has 10 heteroatoms. The molecule has 5 rings (SSSR count). The second-order valence-electron chi connectivity index (χ2n) is 8.31. The Bertz CT molecular complexity index is 1210. The third kappa shape index (κ3) is 4.32. The Morgan fingerprint density at radius 1 is 1.36 bits per heavy atom. The molecule has 0 unspecified atom stereocenters. The molecule has 1 aliphatic carbocycles. The summed E-state index contributed by atoms with van der Waals surface area (Å²) in [5, 5.41) is 10.2. The normalized spacial score (nSPS) is 15.1. The van der Waals surface area contributed by atoms with Crippen molar-refractivity contribution in [2.75, 3.05) is 13.4 Å². The van der Waals surface area contributed by atoms with Crippen molar-refractivity contribution in [2.24, 2.45) is 5.92 Å². The van der Waals surface area contributed by atoms with Crippen molar-refractivity contribution in [1.82, 2.24) is 20.3 Å². The molecule has 1 amide bonds. The van der Waals surface area contributed by atoms with Crippen LogP contribution in [0.1, 0.15) is 42.2 Å². The van der Waals surface area contributed by atoms with Crippen molar-refractivity contribution in [3.63, 3.8) is 0 Å². The first-order valence-electron chi connectivity index (χ1n) is 10.8. The molecule has 3 heterocycles. The third-order valence-corrected chi connectivity index (χ3v) is 5.76. The van der Waals surface area contributed by atoms with E-state index in [4.69, 9.17) is 19.6 Å². The lowest BCUT2D eigenvalue weighted by molar-refractivity contribution is 0.0942. The molecule has 1 saturated carbocycles. The van der Waals surface area contributed by atoms with Gasteiger partial charge in [0, 0.05) is 18.2 Å². The number of carbonyl (C=O) groups is 1. The molecule has 2 aromatic heterocycles. The molecule has 0 radical (unpaired) electrons. The summed E-state index contributed by atoms with van der Waals surface area (Å²) >= 11 is 0. The van der Waals surface area contributed by atoms with Crippen LogP contribution in [0.2, 0.25) is 0 Å². The number of aromatic amines is 1. The van der Waals surface area contributed by atoms with Gasteiger partial charge in [-0.2, -0.15) is 0 Å². The van der Waals surface area contributed by atoms with Crippen molar-refractivity contribution < 1.29 is 19.0 Å². The number of ether oxygens (including phenoxy) is 3. The second kappa shape index (κ2) is 9.27. The number of amides is 1. The topological polar surface area (TPSA) is 122 Å². The maximum atomic E-state index is 13.0. The average molecular weight is 472 g/mol. The van der Waals surface area contributed by atoms with Gasteiger partial charge >= 0.3 is 0 Å². The lowest BCUT2D eigenvalue weighted by Crippen LogP contribution is -2.33. The smallest absolute Gasteiger partial charge is 0.255 e. The molecule has 1 aliphatic heterocycles. The minimum absolute atomic E-state index is 0. The zero-order valence-electron chi connectivity index (χ0n) is 18.4. The maximum Gasteiger partial charge on any atom is 0.255 e. The zero-order chi connectivity index (χ0) is 22.2. The van der Waals surface area contributed by atoms with E-state index in [1.165, 1.54) is 25.4 Å². The van der Waals surface area contributed by atoms with Crippen LogP contribution in [-0.4, -0.2) is 46.5 Å². The largest absolute Gasteiger partial charge is 0.492 e. The van der Waals surface area contributed by atoms with Crippen molar-refractivity contribution in [3.05, 3.63) is 29.7 Å². The van der Waals surface area contributed by atoms with Gasteiger partial charge in [-0.1, -0.05) is 0 Å². The number of benzene rings is 1. The van der Waals surface area contributed by atoms with Crippen LogP contribution in [0.3, 0.4) is 0 Å². The number of halogens is 1. The summed E-state index contributed by atoms with van der Waals surface area (Å²) in [6.07, 6.45) is 5.56. The van der Waals surface area contributed by atoms with Gasteiger partial charge < -0.3 is 29.9 Å². The maximum absolute atomic E-state index is 13.0. The van der Waals surface area contributed by atoms with E-state index in [9.17, 15) is 4.79 Å². The first kappa shape index (κ1) is 22.8. The number of carbonyl (C=O) groups excluding carboxylic acids is 1. The van der Waals surface area contributed by atoms with Gasteiger partial charge in [-0.05, 0) is 51.0 Å². The highest BCUT2D eigenvalue weighted by molar-refractivity contribution is 6.09. The fourth-order valence-electron chi connectivity index (χ4n) is 3.91. The molecule has 0 spiro atoms. The van der Waals surface area contributed by atoms with Crippen LogP contribution in [0.15, 0.2) is 18.5 Å². The molecule has 174 valence electrons. The summed E-state index contributed by atoms with van der Waals surface area (Å²) in [4.78, 5) is 25.2. The molecule has 1 fully saturated rings. The predicted molar refractivity (Wildman–Crippen MR) is 126 cm³/mol. The monoisotopic (exact) mass is 471 g/mol. The Morgan fingerprint density at radius 2 is 2.18 bits per heavy atom. The molecule has 0 bridgehead atoms. The summed E-state index contributed by atoms with van der Waals surface area (Å²) in [6, 6.07) is 3.56. The quantitative estimate of drug-likeness (QED) is 0.426. The summed E-state index contributed by atoms with van der Waals surface area (Å²) < 4.78 is 17.5. The lowest BCUT2D eigenvalue weighted by atomic mass is 10.1. The van der Waals surface area contributed by atoms with E-state index >= 15 is 0 Å². The van der Waals surface area contributed by atoms with Crippen molar-refractivity contribution in [2.45, 2.75) is 39.2 Å². The molecule has 2 aliphatic rings. The second-order valence-corrected chi connectivity index (χ2v) is 8.31. The third-order valence-electron chi connectivity index (χ3n) is 5.76. The molecule has 1 aromatic carbocycles. The Balaban J connectivity index is 0.00000259. The first-order chi connectivity index (χ1) is 15.6. The molecule has 3 N–H and O–H groups in total. The summed E-state index contributed by atoms with van der Waals surface area (Å²) in [7, 11) is 0. The highest BCUT2D eigenvalue weighted by Crippen LogP contribution is 2.48. The van der Waals surface area contributed by atoms with Gasteiger partial charge in [-0.15, -0.1) is 12.4 Å². The Kier molecular flexibility index (Phi) is 6.42. The number of rotatable bonds is 8. The standard InChI is InChI=1S/C23H25N5O4.ClH/c1-12(7-8-24)27-23(29)17-13(2)28-21-19(17)25-10-26-20(21)18-15(30-9-14-3-4-14)5-6-16-22(18)32-11-31-16;/h5-6,8,10,12,14,24,28H,3-4,7,9,11H2,1-2H3,(H,27,29);1H/t12-;/m1./s1. The van der Waals surface area contributed by atoms with Crippen LogP contribution in [-0.2, 0) is 0 Å². The van der Waals surface area contributed by atoms with Crippen LogP contribution < -0.4 is 19.5 Å². The van der Waals surface area contributed by atoms with E-state index in [1.807, 2.05) is 26.0 Å². The number of fused-ring (bicyclic) bond motifs is 2. The van der Waals surface area contributed by atoms with Gasteiger partial charge in [-0.3, -0.25) is 4.79 Å². The number of aryl methyl sites for hydroxylation is 1. The molecule has 9 nitrogen and oxygen atoms in total. The minimum atomic E-state index is -0.240. The Hall–Kier alpha value is -3.33. The molecule has 1 atom stereocenters. The molecule has 0 saturated heterocycles. The summed E-state index contributed by atoms with van der Waals surface area (Å²) in [5.41, 5.74) is 3.60. The fourth-order valence-corrected chi connectivity index (χ4v) is 3.91. The van der Waals surface area contributed by atoms with Gasteiger partial charge in [0.25, 0.3) is 5.91 Å². The summed E-state index contributed by atoms with van der Waals surface area (Å²) in [6.45, 7) is 4.47. The highest BCUT2D eigenvalue weighted by atomic mass is 35.5. The van der Waals surface area contributed by atoms with E-state index in [0.717, 1.165) is 0 Å². The highest BCUT2D eigenvalue weighted by Gasteiger charge is 2.29. The average Bonchev–Trinajstić information content (AvgIpc) is 3.35. The SMILES string of the molecule is Cc1[nH]c2c(-c3c(OCC4CC4)ccc4c3OCO4)ncnc2c1C(=O)N[C@H](C)CC=N.Cl. The van der Waals surface area contributed by atoms with Crippen molar-refractivity contribution >= 4 is 35.6 Å². The number of nitrogens with zero attached hydrogens (tertiary/aromatic N) is 2. The van der Waals surface area contributed by atoms with Gasteiger partial charge in [0.15, 0.2) is 11.5 Å². The molecule has 3 aromatic rings. The van der Waals surface area contributed by atoms with Crippen LogP contribution in [0, 0.1) is 18.3 Å². The molecular formula is C23H26ClN5O4. The van der Waals surface area contributed by atoms with Crippen molar-refractivity contribution in [3.8, 4) is 28.5 Å².